The Morgan fingerprint density at radius 1 is 1.42 bits per heavy atom. The number of aliphatic hydroxyl groups is 1. The van der Waals surface area contributed by atoms with E-state index < -0.39 is 0 Å². The van der Waals surface area contributed by atoms with E-state index in [2.05, 4.69) is 5.16 Å². The van der Waals surface area contributed by atoms with Gasteiger partial charge >= 0.3 is 0 Å². The molecule has 0 radical (unpaired) electrons. The molecule has 0 heterocycles. The highest BCUT2D eigenvalue weighted by Crippen LogP contribution is 2.20. The van der Waals surface area contributed by atoms with Gasteiger partial charge in [0, 0.05) is 11.1 Å². The lowest BCUT2D eigenvalue weighted by atomic mass is 10.1. The van der Waals surface area contributed by atoms with Crippen molar-refractivity contribution in [3.63, 3.8) is 0 Å². The molecule has 0 aromatic heterocycles. The topological polar surface area (TPSA) is 73.1 Å². The number of hydrogen-bond acceptors (Lipinski definition) is 4. The summed E-state index contributed by atoms with van der Waals surface area (Å²) in [5, 5.41) is 29.1. The first-order valence-corrected chi connectivity index (χ1v) is 3.38. The van der Waals surface area contributed by atoms with E-state index in [1.165, 1.54) is 0 Å². The number of phenols is 1. The minimum atomic E-state index is -0.237. The molecular formula is C8H9NO3. The molecule has 0 saturated carbocycles. The van der Waals surface area contributed by atoms with Gasteiger partial charge < -0.3 is 15.4 Å². The molecule has 0 unspecified atom stereocenters. The van der Waals surface area contributed by atoms with Gasteiger partial charge in [-0.15, -0.1) is 0 Å². The van der Waals surface area contributed by atoms with Gasteiger partial charge in [0.05, 0.1) is 12.8 Å². The highest BCUT2D eigenvalue weighted by molar-refractivity contribution is 5.83. The second-order valence-corrected chi connectivity index (χ2v) is 2.26. The molecule has 4 nitrogen and oxygen atoms in total. The molecule has 64 valence electrons. The van der Waals surface area contributed by atoms with Gasteiger partial charge in [0.25, 0.3) is 0 Å². The van der Waals surface area contributed by atoms with Crippen molar-refractivity contribution in [3.8, 4) is 5.75 Å². The minimum absolute atomic E-state index is 0.0576. The predicted molar refractivity (Wildman–Crippen MR) is 43.4 cm³/mol. The molecule has 0 atom stereocenters. The van der Waals surface area contributed by atoms with Gasteiger partial charge in [-0.3, -0.25) is 0 Å². The molecular weight excluding hydrogens is 158 g/mol. The third kappa shape index (κ3) is 1.54. The summed E-state index contributed by atoms with van der Waals surface area (Å²) < 4.78 is 0. The Labute approximate surface area is 69.4 Å². The second-order valence-electron chi connectivity index (χ2n) is 2.26. The van der Waals surface area contributed by atoms with Crippen LogP contribution in [-0.4, -0.2) is 21.6 Å². The Morgan fingerprint density at radius 2 is 2.17 bits per heavy atom. The molecule has 1 aromatic carbocycles. The molecule has 12 heavy (non-hydrogen) atoms. The van der Waals surface area contributed by atoms with E-state index in [4.69, 9.17) is 10.3 Å². The van der Waals surface area contributed by atoms with E-state index in [9.17, 15) is 5.11 Å². The van der Waals surface area contributed by atoms with E-state index in [1.54, 1.807) is 18.2 Å². The molecule has 0 aliphatic rings. The van der Waals surface area contributed by atoms with Crippen LogP contribution in [0.1, 0.15) is 11.1 Å². The van der Waals surface area contributed by atoms with Crippen LogP contribution in [0.5, 0.6) is 5.75 Å². The van der Waals surface area contributed by atoms with Gasteiger partial charge in [-0.05, 0) is 6.07 Å². The summed E-state index contributed by atoms with van der Waals surface area (Å²) in [6.45, 7) is -0.237. The summed E-state index contributed by atoms with van der Waals surface area (Å²) in [4.78, 5) is 0. The summed E-state index contributed by atoms with van der Waals surface area (Å²) >= 11 is 0. The fourth-order valence-corrected chi connectivity index (χ4v) is 0.905. The fourth-order valence-electron chi connectivity index (χ4n) is 0.905. The number of aliphatic hydroxyl groups excluding tert-OH is 1. The van der Waals surface area contributed by atoms with Crippen LogP contribution < -0.4 is 0 Å². The van der Waals surface area contributed by atoms with Crippen LogP contribution in [0.15, 0.2) is 23.4 Å². The fraction of sp³-hybridized carbons (Fsp3) is 0.125. The number of hydrogen-bond donors (Lipinski definition) is 3. The van der Waals surface area contributed by atoms with Crippen molar-refractivity contribution in [2.75, 3.05) is 0 Å². The number of benzene rings is 1. The van der Waals surface area contributed by atoms with Gasteiger partial charge in [0.2, 0.25) is 0 Å². The Kier molecular flexibility index (Phi) is 2.66. The average molecular weight is 167 g/mol. The largest absolute Gasteiger partial charge is 0.507 e. The lowest BCUT2D eigenvalue weighted by Crippen LogP contribution is -1.89. The SMILES string of the molecule is OCc1cccc(/C=N/O)c1O. The van der Waals surface area contributed by atoms with E-state index in [0.717, 1.165) is 6.21 Å². The van der Waals surface area contributed by atoms with Crippen LogP contribution >= 0.6 is 0 Å². The third-order valence-electron chi connectivity index (χ3n) is 1.52. The highest BCUT2D eigenvalue weighted by atomic mass is 16.4. The van der Waals surface area contributed by atoms with Crippen molar-refractivity contribution in [2.24, 2.45) is 5.16 Å². The third-order valence-corrected chi connectivity index (χ3v) is 1.52. The molecule has 1 aromatic rings. The van der Waals surface area contributed by atoms with Gasteiger partial charge in [0.1, 0.15) is 5.75 Å². The zero-order chi connectivity index (χ0) is 8.97. The lowest BCUT2D eigenvalue weighted by molar-refractivity contribution is 0.275. The Morgan fingerprint density at radius 3 is 2.75 bits per heavy atom. The molecule has 0 saturated heterocycles. The maximum Gasteiger partial charge on any atom is 0.129 e. The van der Waals surface area contributed by atoms with Crippen LogP contribution in [-0.2, 0) is 6.61 Å². The van der Waals surface area contributed by atoms with Crippen molar-refractivity contribution in [3.05, 3.63) is 29.3 Å². The molecule has 0 amide bonds. The molecule has 0 fully saturated rings. The first-order chi connectivity index (χ1) is 5.79. The average Bonchev–Trinajstić information content (AvgIpc) is 2.09. The maximum atomic E-state index is 9.36. The summed E-state index contributed by atoms with van der Waals surface area (Å²) in [5.74, 6) is -0.0576. The van der Waals surface area contributed by atoms with Crippen LogP contribution in [0, 0.1) is 0 Å². The molecule has 4 heteroatoms. The van der Waals surface area contributed by atoms with E-state index in [1.807, 2.05) is 0 Å². The number of nitrogens with zero attached hydrogens (tertiary/aromatic N) is 1. The smallest absolute Gasteiger partial charge is 0.129 e. The monoisotopic (exact) mass is 167 g/mol. The summed E-state index contributed by atoms with van der Waals surface area (Å²) in [7, 11) is 0. The predicted octanol–water partition coefficient (Wildman–Crippen LogP) is 0.693. The number of aromatic hydroxyl groups is 1. The van der Waals surface area contributed by atoms with Crippen molar-refractivity contribution in [1.29, 1.82) is 0 Å². The quantitative estimate of drug-likeness (QED) is 0.344. The molecule has 1 rings (SSSR count). The normalized spacial score (nSPS) is 10.8. The van der Waals surface area contributed by atoms with Gasteiger partial charge in [-0.2, -0.15) is 0 Å². The zero-order valence-electron chi connectivity index (χ0n) is 6.31. The lowest BCUT2D eigenvalue weighted by Gasteiger charge is -2.02. The Hall–Kier alpha value is -1.55. The molecule has 3 N–H and O–H groups in total. The van der Waals surface area contributed by atoms with E-state index in [-0.39, 0.29) is 12.4 Å². The number of rotatable bonds is 2. The maximum absolute atomic E-state index is 9.36. The van der Waals surface area contributed by atoms with E-state index in [0.29, 0.717) is 11.1 Å². The van der Waals surface area contributed by atoms with Gasteiger partial charge in [0.15, 0.2) is 0 Å². The van der Waals surface area contributed by atoms with Crippen LogP contribution in [0.2, 0.25) is 0 Å². The summed E-state index contributed by atoms with van der Waals surface area (Å²) in [5.41, 5.74) is 0.788. The molecule has 0 aliphatic heterocycles. The van der Waals surface area contributed by atoms with Crippen molar-refractivity contribution in [1.82, 2.24) is 0 Å². The van der Waals surface area contributed by atoms with E-state index >= 15 is 0 Å². The van der Waals surface area contributed by atoms with Gasteiger partial charge in [-0.25, -0.2) is 0 Å². The number of para-hydroxylation sites is 1. The second kappa shape index (κ2) is 3.73. The Bertz CT molecular complexity index is 296. The summed E-state index contributed by atoms with van der Waals surface area (Å²) in [6, 6.07) is 4.82. The van der Waals surface area contributed by atoms with Crippen molar-refractivity contribution < 1.29 is 15.4 Å². The number of oxime groups is 1. The van der Waals surface area contributed by atoms with Gasteiger partial charge in [-0.1, -0.05) is 17.3 Å². The molecule has 0 bridgehead atoms. The van der Waals surface area contributed by atoms with Crippen molar-refractivity contribution >= 4 is 6.21 Å². The summed E-state index contributed by atoms with van der Waals surface area (Å²) in [6.07, 6.45) is 1.11. The first kappa shape index (κ1) is 8.55. The zero-order valence-corrected chi connectivity index (χ0v) is 6.31. The van der Waals surface area contributed by atoms with Crippen LogP contribution in [0.25, 0.3) is 0 Å². The highest BCUT2D eigenvalue weighted by Gasteiger charge is 2.02. The Balaban J connectivity index is 3.13. The minimum Gasteiger partial charge on any atom is -0.507 e. The molecule has 0 aliphatic carbocycles. The first-order valence-electron chi connectivity index (χ1n) is 3.38. The van der Waals surface area contributed by atoms with Crippen molar-refractivity contribution in [2.45, 2.75) is 6.61 Å². The van der Waals surface area contributed by atoms with Crippen LogP contribution in [0.4, 0.5) is 0 Å². The molecule has 0 spiro atoms. The standard InChI is InChI=1S/C8H9NO3/c10-5-7-3-1-2-6(4-9-12)8(7)11/h1-4,10-12H,5H2/b9-4+. The van der Waals surface area contributed by atoms with Crippen LogP contribution in [0.3, 0.4) is 0 Å².